The van der Waals surface area contributed by atoms with E-state index in [4.69, 9.17) is 11.6 Å². The van der Waals surface area contributed by atoms with Gasteiger partial charge in [0.15, 0.2) is 0 Å². The first-order valence-electron chi connectivity index (χ1n) is 3.85. The fraction of sp³-hybridized carbons (Fsp3) is 0.500. The lowest BCUT2D eigenvalue weighted by molar-refractivity contribution is -0.139. The van der Waals surface area contributed by atoms with Crippen LogP contribution in [0, 0.1) is 0 Å². The van der Waals surface area contributed by atoms with Crippen LogP contribution in [0.3, 0.4) is 0 Å². The molecule has 1 aliphatic heterocycles. The average molecular weight is 188 g/mol. The Bertz CT molecular complexity index is 225. The zero-order valence-electron chi connectivity index (χ0n) is 6.62. The third-order valence-corrected chi connectivity index (χ3v) is 1.93. The highest BCUT2D eigenvalue weighted by Gasteiger charge is 2.22. The van der Waals surface area contributed by atoms with E-state index in [9.17, 15) is 9.59 Å². The quantitative estimate of drug-likeness (QED) is 0.373. The van der Waals surface area contributed by atoms with Crippen molar-refractivity contribution in [1.29, 1.82) is 0 Å². The zero-order valence-corrected chi connectivity index (χ0v) is 7.38. The maximum atomic E-state index is 11.0. The summed E-state index contributed by atoms with van der Waals surface area (Å²) in [5, 5.41) is 0. The summed E-state index contributed by atoms with van der Waals surface area (Å²) in [6, 6.07) is 0. The smallest absolute Gasteiger partial charge is 0.298 e. The molecule has 0 aromatic carbocycles. The number of amides is 1. The first kappa shape index (κ1) is 9.26. The fourth-order valence-electron chi connectivity index (χ4n) is 0.991. The van der Waals surface area contributed by atoms with Gasteiger partial charge in [-0.25, -0.2) is 0 Å². The molecule has 1 aliphatic rings. The van der Waals surface area contributed by atoms with Crippen molar-refractivity contribution in [1.82, 2.24) is 4.90 Å². The molecule has 3 nitrogen and oxygen atoms in total. The number of alkyl halides is 1. The van der Waals surface area contributed by atoms with Crippen molar-refractivity contribution < 1.29 is 9.59 Å². The van der Waals surface area contributed by atoms with Crippen LogP contribution in [-0.4, -0.2) is 29.0 Å². The molecule has 0 aliphatic carbocycles. The Kier molecular flexibility index (Phi) is 3.29. The van der Waals surface area contributed by atoms with Gasteiger partial charge in [-0.05, 0) is 12.8 Å². The SMILES string of the molecule is O=C1C=CN(CCCCCl)C1=O. The Labute approximate surface area is 76.0 Å². The Hall–Kier alpha value is -0.830. The summed E-state index contributed by atoms with van der Waals surface area (Å²) in [7, 11) is 0. The van der Waals surface area contributed by atoms with Crippen molar-refractivity contribution in [3.8, 4) is 0 Å². The van der Waals surface area contributed by atoms with Gasteiger partial charge in [0.1, 0.15) is 0 Å². The van der Waals surface area contributed by atoms with Gasteiger partial charge in [0.2, 0.25) is 5.78 Å². The molecule has 12 heavy (non-hydrogen) atoms. The van der Waals surface area contributed by atoms with Gasteiger partial charge < -0.3 is 4.90 Å². The zero-order chi connectivity index (χ0) is 8.97. The lowest BCUT2D eigenvalue weighted by Crippen LogP contribution is -2.26. The topological polar surface area (TPSA) is 37.4 Å². The largest absolute Gasteiger partial charge is 0.312 e. The maximum Gasteiger partial charge on any atom is 0.298 e. The van der Waals surface area contributed by atoms with Crippen LogP contribution in [0.2, 0.25) is 0 Å². The predicted octanol–water partition coefficient (Wildman–Crippen LogP) is 0.930. The lowest BCUT2D eigenvalue weighted by atomic mass is 10.3. The number of ketones is 1. The van der Waals surface area contributed by atoms with Gasteiger partial charge in [-0.2, -0.15) is 0 Å². The third kappa shape index (κ3) is 2.08. The lowest BCUT2D eigenvalue weighted by Gasteiger charge is -2.10. The molecular formula is C8H10ClNO2. The van der Waals surface area contributed by atoms with Crippen LogP contribution in [0.15, 0.2) is 12.3 Å². The molecule has 1 heterocycles. The molecule has 0 spiro atoms. The summed E-state index contributed by atoms with van der Waals surface area (Å²) in [5.74, 6) is -0.259. The molecule has 0 radical (unpaired) electrons. The second-order valence-corrected chi connectivity index (χ2v) is 2.95. The van der Waals surface area contributed by atoms with E-state index < -0.39 is 11.7 Å². The molecule has 0 unspecified atom stereocenters. The summed E-state index contributed by atoms with van der Waals surface area (Å²) in [6.07, 6.45) is 4.53. The minimum Gasteiger partial charge on any atom is -0.312 e. The molecule has 0 fully saturated rings. The fourth-order valence-corrected chi connectivity index (χ4v) is 1.18. The monoisotopic (exact) mass is 187 g/mol. The third-order valence-electron chi connectivity index (χ3n) is 1.66. The molecule has 0 aromatic heterocycles. The number of rotatable bonds is 4. The molecule has 0 bridgehead atoms. The molecule has 4 heteroatoms. The second kappa shape index (κ2) is 4.26. The van der Waals surface area contributed by atoms with Crippen LogP contribution in [0.25, 0.3) is 0 Å². The van der Waals surface area contributed by atoms with Gasteiger partial charge in [0.05, 0.1) is 0 Å². The van der Waals surface area contributed by atoms with Crippen molar-refractivity contribution in [2.45, 2.75) is 12.8 Å². The Balaban J connectivity index is 2.30. The highest BCUT2D eigenvalue weighted by Crippen LogP contribution is 2.05. The van der Waals surface area contributed by atoms with Gasteiger partial charge >= 0.3 is 0 Å². The first-order valence-corrected chi connectivity index (χ1v) is 4.38. The van der Waals surface area contributed by atoms with Crippen molar-refractivity contribution >= 4 is 23.3 Å². The predicted molar refractivity (Wildman–Crippen MR) is 45.8 cm³/mol. The molecule has 0 atom stereocenters. The number of carbonyl (C=O) groups excluding carboxylic acids is 2. The highest BCUT2D eigenvalue weighted by molar-refractivity contribution is 6.42. The van der Waals surface area contributed by atoms with E-state index in [-0.39, 0.29) is 0 Å². The summed E-state index contributed by atoms with van der Waals surface area (Å²) in [4.78, 5) is 23.1. The molecule has 0 saturated heterocycles. The molecule has 66 valence electrons. The summed E-state index contributed by atoms with van der Waals surface area (Å²) < 4.78 is 0. The first-order chi connectivity index (χ1) is 5.75. The van der Waals surface area contributed by atoms with Crippen LogP contribution in [0.5, 0.6) is 0 Å². The van der Waals surface area contributed by atoms with E-state index in [1.165, 1.54) is 17.2 Å². The van der Waals surface area contributed by atoms with Crippen LogP contribution in [-0.2, 0) is 9.59 Å². The second-order valence-electron chi connectivity index (χ2n) is 2.57. The van der Waals surface area contributed by atoms with Gasteiger partial charge in [0.25, 0.3) is 5.91 Å². The van der Waals surface area contributed by atoms with Gasteiger partial charge in [0, 0.05) is 24.7 Å². The molecule has 1 amide bonds. The minimum absolute atomic E-state index is 0.426. The van der Waals surface area contributed by atoms with Crippen LogP contribution >= 0.6 is 11.6 Å². The number of carbonyl (C=O) groups is 2. The highest BCUT2D eigenvalue weighted by atomic mass is 35.5. The summed E-state index contributed by atoms with van der Waals surface area (Å²) in [6.45, 7) is 0.591. The van der Waals surface area contributed by atoms with E-state index >= 15 is 0 Å². The number of nitrogens with zero attached hydrogens (tertiary/aromatic N) is 1. The number of hydrogen-bond acceptors (Lipinski definition) is 2. The molecule has 0 aromatic rings. The minimum atomic E-state index is -0.430. The van der Waals surface area contributed by atoms with Crippen LogP contribution < -0.4 is 0 Å². The van der Waals surface area contributed by atoms with E-state index in [2.05, 4.69) is 0 Å². The maximum absolute atomic E-state index is 11.0. The Morgan fingerprint density at radius 2 is 2.08 bits per heavy atom. The Morgan fingerprint density at radius 3 is 2.58 bits per heavy atom. The molecular weight excluding hydrogens is 178 g/mol. The van der Waals surface area contributed by atoms with E-state index in [1.54, 1.807) is 0 Å². The van der Waals surface area contributed by atoms with Crippen molar-refractivity contribution in [2.75, 3.05) is 12.4 Å². The summed E-state index contributed by atoms with van der Waals surface area (Å²) >= 11 is 5.46. The molecule has 0 N–H and O–H groups in total. The van der Waals surface area contributed by atoms with Crippen LogP contribution in [0.4, 0.5) is 0 Å². The Morgan fingerprint density at radius 1 is 1.33 bits per heavy atom. The van der Waals surface area contributed by atoms with Gasteiger partial charge in [-0.3, -0.25) is 9.59 Å². The molecule has 1 rings (SSSR count). The van der Waals surface area contributed by atoms with Gasteiger partial charge in [-0.1, -0.05) is 0 Å². The number of unbranched alkanes of at least 4 members (excludes halogenated alkanes) is 1. The van der Waals surface area contributed by atoms with E-state index in [1.807, 2.05) is 0 Å². The standard InChI is InChI=1S/C8H10ClNO2/c9-4-1-2-5-10-6-3-7(11)8(10)12/h3,6H,1-2,4-5H2. The van der Waals surface area contributed by atoms with Crippen molar-refractivity contribution in [2.24, 2.45) is 0 Å². The van der Waals surface area contributed by atoms with Gasteiger partial charge in [-0.15, -0.1) is 11.6 Å². The average Bonchev–Trinajstić information content (AvgIpc) is 2.36. The van der Waals surface area contributed by atoms with Crippen molar-refractivity contribution in [3.05, 3.63) is 12.3 Å². The number of halogens is 1. The molecule has 0 saturated carbocycles. The van der Waals surface area contributed by atoms with E-state index in [0.29, 0.717) is 12.4 Å². The van der Waals surface area contributed by atoms with Crippen molar-refractivity contribution in [3.63, 3.8) is 0 Å². The van der Waals surface area contributed by atoms with E-state index in [0.717, 1.165) is 12.8 Å². The van der Waals surface area contributed by atoms with Crippen LogP contribution in [0.1, 0.15) is 12.8 Å². The summed E-state index contributed by atoms with van der Waals surface area (Å²) in [5.41, 5.74) is 0. The normalized spacial score (nSPS) is 16.2. The number of hydrogen-bond donors (Lipinski definition) is 0.